The number of nitrogens with one attached hydrogen (secondary N) is 1. The Morgan fingerprint density at radius 3 is 3.09 bits per heavy atom. The zero-order valence-electron chi connectivity index (χ0n) is 7.44. The van der Waals surface area contributed by atoms with Crippen molar-refractivity contribution < 1.29 is 4.74 Å². The molecule has 0 aromatic heterocycles. The van der Waals surface area contributed by atoms with Gasteiger partial charge in [-0.3, -0.25) is 0 Å². The fourth-order valence-electron chi connectivity index (χ4n) is 1.50. The highest BCUT2D eigenvalue weighted by Gasteiger charge is 2.13. The molecule has 1 fully saturated rings. The van der Waals surface area contributed by atoms with Crippen molar-refractivity contribution in [1.82, 2.24) is 5.32 Å². The Labute approximate surface area is 69.3 Å². The molecule has 1 rings (SSSR count). The average molecular weight is 157 g/mol. The molecule has 1 atom stereocenters. The first-order valence-electron chi connectivity index (χ1n) is 4.76. The van der Waals surface area contributed by atoms with E-state index < -0.39 is 0 Å². The van der Waals surface area contributed by atoms with Crippen LogP contribution in [0.25, 0.3) is 0 Å². The maximum absolute atomic E-state index is 5.51. The molecule has 0 radical (unpaired) electrons. The second kappa shape index (κ2) is 5.56. The number of hydrogen-bond donors (Lipinski definition) is 1. The fraction of sp³-hybridized carbons (Fsp3) is 1.00. The van der Waals surface area contributed by atoms with Crippen molar-refractivity contribution in [3.8, 4) is 0 Å². The van der Waals surface area contributed by atoms with Crippen LogP contribution < -0.4 is 5.32 Å². The maximum atomic E-state index is 5.51. The van der Waals surface area contributed by atoms with Gasteiger partial charge in [0.1, 0.15) is 0 Å². The minimum Gasteiger partial charge on any atom is -0.378 e. The fourth-order valence-corrected chi connectivity index (χ4v) is 1.50. The van der Waals surface area contributed by atoms with Gasteiger partial charge in [-0.25, -0.2) is 0 Å². The Balaban J connectivity index is 1.86. The number of ether oxygens (including phenoxy) is 1. The largest absolute Gasteiger partial charge is 0.378 e. The van der Waals surface area contributed by atoms with Gasteiger partial charge in [0.25, 0.3) is 0 Å². The van der Waals surface area contributed by atoms with Gasteiger partial charge in [-0.15, -0.1) is 0 Å². The lowest BCUT2D eigenvalue weighted by atomic mass is 10.1. The van der Waals surface area contributed by atoms with Crippen LogP contribution >= 0.6 is 0 Å². The molecule has 0 aromatic carbocycles. The van der Waals surface area contributed by atoms with Gasteiger partial charge in [0.05, 0.1) is 6.10 Å². The Morgan fingerprint density at radius 2 is 2.45 bits per heavy atom. The van der Waals surface area contributed by atoms with Gasteiger partial charge < -0.3 is 10.1 Å². The third-order valence-corrected chi connectivity index (χ3v) is 2.15. The van der Waals surface area contributed by atoms with E-state index in [0.717, 1.165) is 19.7 Å². The summed E-state index contributed by atoms with van der Waals surface area (Å²) in [5, 5.41) is 3.32. The molecular weight excluding hydrogens is 138 g/mol. The Kier molecular flexibility index (Phi) is 4.55. The second-order valence-electron chi connectivity index (χ2n) is 3.13. The molecule has 1 aliphatic rings. The van der Waals surface area contributed by atoms with E-state index in [1.54, 1.807) is 0 Å². The van der Waals surface area contributed by atoms with Crippen LogP contribution in [0.3, 0.4) is 0 Å². The van der Waals surface area contributed by atoms with Crippen molar-refractivity contribution >= 4 is 0 Å². The monoisotopic (exact) mass is 157 g/mol. The molecule has 1 aliphatic heterocycles. The van der Waals surface area contributed by atoms with Gasteiger partial charge in [-0.1, -0.05) is 6.92 Å². The second-order valence-corrected chi connectivity index (χ2v) is 3.13. The van der Waals surface area contributed by atoms with E-state index in [9.17, 15) is 0 Å². The summed E-state index contributed by atoms with van der Waals surface area (Å²) in [7, 11) is 0. The molecule has 1 unspecified atom stereocenters. The summed E-state index contributed by atoms with van der Waals surface area (Å²) in [6.07, 6.45) is 5.64. The van der Waals surface area contributed by atoms with Crippen molar-refractivity contribution in [3.63, 3.8) is 0 Å². The van der Waals surface area contributed by atoms with Crippen molar-refractivity contribution in [3.05, 3.63) is 0 Å². The zero-order chi connectivity index (χ0) is 7.94. The SMILES string of the molecule is CCNCCCC1CCCO1. The lowest BCUT2D eigenvalue weighted by molar-refractivity contribution is 0.102. The van der Waals surface area contributed by atoms with Crippen LogP contribution in [0.5, 0.6) is 0 Å². The molecule has 0 saturated carbocycles. The topological polar surface area (TPSA) is 21.3 Å². The van der Waals surface area contributed by atoms with Gasteiger partial charge in [-0.05, 0) is 38.8 Å². The van der Waals surface area contributed by atoms with Gasteiger partial charge in [0, 0.05) is 6.61 Å². The molecule has 66 valence electrons. The minimum absolute atomic E-state index is 0.577. The normalized spacial score (nSPS) is 24.3. The van der Waals surface area contributed by atoms with Gasteiger partial charge in [-0.2, -0.15) is 0 Å². The summed E-state index contributed by atoms with van der Waals surface area (Å²) in [6, 6.07) is 0. The third kappa shape index (κ3) is 3.73. The maximum Gasteiger partial charge on any atom is 0.0576 e. The molecule has 0 bridgehead atoms. The molecule has 2 nitrogen and oxygen atoms in total. The highest BCUT2D eigenvalue weighted by atomic mass is 16.5. The first-order valence-corrected chi connectivity index (χ1v) is 4.76. The molecule has 1 N–H and O–H groups in total. The first-order chi connectivity index (χ1) is 5.43. The Bertz CT molecular complexity index is 89.6. The Hall–Kier alpha value is -0.0800. The van der Waals surface area contributed by atoms with Crippen molar-refractivity contribution in [2.75, 3.05) is 19.7 Å². The van der Waals surface area contributed by atoms with Crippen LogP contribution in [0.4, 0.5) is 0 Å². The third-order valence-electron chi connectivity index (χ3n) is 2.15. The van der Waals surface area contributed by atoms with Crippen molar-refractivity contribution in [1.29, 1.82) is 0 Å². The molecule has 1 heterocycles. The summed E-state index contributed by atoms with van der Waals surface area (Å²) in [4.78, 5) is 0. The molecule has 0 aromatic rings. The summed E-state index contributed by atoms with van der Waals surface area (Å²) < 4.78 is 5.51. The zero-order valence-corrected chi connectivity index (χ0v) is 7.44. The van der Waals surface area contributed by atoms with E-state index in [0.29, 0.717) is 6.10 Å². The highest BCUT2D eigenvalue weighted by Crippen LogP contribution is 2.16. The van der Waals surface area contributed by atoms with Gasteiger partial charge in [0.15, 0.2) is 0 Å². The predicted octanol–water partition coefficient (Wildman–Crippen LogP) is 1.56. The van der Waals surface area contributed by atoms with Crippen LogP contribution in [0.1, 0.15) is 32.6 Å². The van der Waals surface area contributed by atoms with Gasteiger partial charge >= 0.3 is 0 Å². The molecular formula is C9H19NO. The van der Waals surface area contributed by atoms with E-state index >= 15 is 0 Å². The van der Waals surface area contributed by atoms with Crippen LogP contribution in [0.15, 0.2) is 0 Å². The van der Waals surface area contributed by atoms with E-state index in [4.69, 9.17) is 4.74 Å². The molecule has 0 spiro atoms. The molecule has 0 aliphatic carbocycles. The first kappa shape index (κ1) is 9.01. The molecule has 2 heteroatoms. The van der Waals surface area contributed by atoms with Crippen LogP contribution in [0, 0.1) is 0 Å². The van der Waals surface area contributed by atoms with Crippen LogP contribution in [-0.2, 0) is 4.74 Å². The summed E-state index contributed by atoms with van der Waals surface area (Å²) in [6.45, 7) is 5.37. The summed E-state index contributed by atoms with van der Waals surface area (Å²) >= 11 is 0. The predicted molar refractivity (Wildman–Crippen MR) is 46.8 cm³/mol. The van der Waals surface area contributed by atoms with Crippen molar-refractivity contribution in [2.45, 2.75) is 38.7 Å². The molecule has 1 saturated heterocycles. The van der Waals surface area contributed by atoms with E-state index in [2.05, 4.69) is 12.2 Å². The lowest BCUT2D eigenvalue weighted by Crippen LogP contribution is -2.16. The Morgan fingerprint density at radius 1 is 1.55 bits per heavy atom. The van der Waals surface area contributed by atoms with E-state index in [-0.39, 0.29) is 0 Å². The van der Waals surface area contributed by atoms with Gasteiger partial charge in [0.2, 0.25) is 0 Å². The van der Waals surface area contributed by atoms with E-state index in [1.165, 1.54) is 25.7 Å². The van der Waals surface area contributed by atoms with Crippen LogP contribution in [0.2, 0.25) is 0 Å². The quantitative estimate of drug-likeness (QED) is 0.611. The number of rotatable bonds is 5. The minimum atomic E-state index is 0.577. The molecule has 11 heavy (non-hydrogen) atoms. The average Bonchev–Trinajstić information content (AvgIpc) is 2.50. The van der Waals surface area contributed by atoms with Crippen LogP contribution in [-0.4, -0.2) is 25.8 Å². The standard InChI is InChI=1S/C9H19NO/c1-2-10-7-3-5-9-6-4-8-11-9/h9-10H,2-8H2,1H3. The highest BCUT2D eigenvalue weighted by molar-refractivity contribution is 4.64. The summed E-state index contributed by atoms with van der Waals surface area (Å²) in [5.41, 5.74) is 0. The summed E-state index contributed by atoms with van der Waals surface area (Å²) in [5.74, 6) is 0. The van der Waals surface area contributed by atoms with Crippen molar-refractivity contribution in [2.24, 2.45) is 0 Å². The molecule has 0 amide bonds. The number of hydrogen-bond acceptors (Lipinski definition) is 2. The smallest absolute Gasteiger partial charge is 0.0576 e. The van der Waals surface area contributed by atoms with E-state index in [1.807, 2.05) is 0 Å². The lowest BCUT2D eigenvalue weighted by Gasteiger charge is -2.08.